The molecule has 0 radical (unpaired) electrons. The molecule has 0 saturated carbocycles. The molecule has 0 saturated heterocycles. The van der Waals surface area contributed by atoms with Crippen molar-refractivity contribution >= 4 is 51.5 Å². The maximum Gasteiger partial charge on any atom is -0.000947 e. The Bertz CT molecular complexity index is 2110. The van der Waals surface area contributed by atoms with Gasteiger partial charge in [-0.2, -0.15) is 0 Å². The maximum absolute atomic E-state index is 4.35. The maximum atomic E-state index is 4.35. The second-order valence-corrected chi connectivity index (χ2v) is 20.7. The van der Waals surface area contributed by atoms with Gasteiger partial charge in [0.25, 0.3) is 0 Å². The number of rotatable bonds is 5. The molecule has 51 heavy (non-hydrogen) atoms. The van der Waals surface area contributed by atoms with E-state index in [1.807, 2.05) is 6.08 Å². The van der Waals surface area contributed by atoms with Crippen LogP contribution in [0.15, 0.2) is 116 Å². The molecule has 0 spiro atoms. The third-order valence-corrected chi connectivity index (χ3v) is 12.8. The lowest BCUT2D eigenvalue weighted by Crippen LogP contribution is -2.28. The summed E-state index contributed by atoms with van der Waals surface area (Å²) in [5, 5.41) is 9.26. The minimum atomic E-state index is -1.02. The van der Waals surface area contributed by atoms with E-state index in [1.54, 1.807) is 0 Å². The van der Waals surface area contributed by atoms with Crippen molar-refractivity contribution < 1.29 is 0 Å². The Labute approximate surface area is 309 Å². The zero-order chi connectivity index (χ0) is 37.1. The summed E-state index contributed by atoms with van der Waals surface area (Å²) in [7, 11) is -1.02. The fourth-order valence-corrected chi connectivity index (χ4v) is 9.69. The molecule has 6 rings (SSSR count). The third-order valence-electron chi connectivity index (χ3n) is 10.4. The van der Waals surface area contributed by atoms with E-state index < -0.39 is 7.92 Å². The largest absolute Gasteiger partial charge is 0.0984 e. The molecule has 0 unspecified atom stereocenters. The van der Waals surface area contributed by atoms with E-state index in [9.17, 15) is 0 Å². The fourth-order valence-electron chi connectivity index (χ4n) is 7.09. The molecular formula is C50H57P. The van der Waals surface area contributed by atoms with E-state index in [2.05, 4.69) is 199 Å². The zero-order valence-corrected chi connectivity index (χ0v) is 34.0. The van der Waals surface area contributed by atoms with Gasteiger partial charge >= 0.3 is 0 Å². The predicted octanol–water partition coefficient (Wildman–Crippen LogP) is 13.3. The van der Waals surface area contributed by atoms with Crippen LogP contribution in [-0.4, -0.2) is 0 Å². The molecule has 1 heteroatoms. The lowest BCUT2D eigenvalue weighted by molar-refractivity contribution is 0.569. The van der Waals surface area contributed by atoms with Crippen molar-refractivity contribution in [3.05, 3.63) is 144 Å². The van der Waals surface area contributed by atoms with Gasteiger partial charge in [0, 0.05) is 0 Å². The Hall–Kier alpha value is -3.99. The van der Waals surface area contributed by atoms with Crippen molar-refractivity contribution in [3.63, 3.8) is 0 Å². The Balaban J connectivity index is 1.85. The molecule has 0 nitrogen and oxygen atoms in total. The van der Waals surface area contributed by atoms with Gasteiger partial charge in [-0.3, -0.25) is 0 Å². The van der Waals surface area contributed by atoms with Crippen molar-refractivity contribution in [2.24, 2.45) is 0 Å². The van der Waals surface area contributed by atoms with Crippen LogP contribution in [0.25, 0.3) is 38.7 Å². The van der Waals surface area contributed by atoms with Crippen LogP contribution in [0.3, 0.4) is 0 Å². The summed E-state index contributed by atoms with van der Waals surface area (Å²) in [6.07, 6.45) is 2.05. The van der Waals surface area contributed by atoms with Crippen LogP contribution in [0.4, 0.5) is 0 Å². The van der Waals surface area contributed by atoms with E-state index in [-0.39, 0.29) is 21.7 Å². The first kappa shape index (κ1) is 36.8. The third kappa shape index (κ3) is 7.36. The van der Waals surface area contributed by atoms with Gasteiger partial charge in [0.1, 0.15) is 0 Å². The molecule has 0 amide bonds. The van der Waals surface area contributed by atoms with Gasteiger partial charge in [-0.15, -0.1) is 0 Å². The summed E-state index contributed by atoms with van der Waals surface area (Å²) in [5.74, 6) is 0. The molecule has 0 aliphatic carbocycles. The van der Waals surface area contributed by atoms with Gasteiger partial charge in [0.05, 0.1) is 0 Å². The standard InChI is InChI=1S/C50H57P/c1-14-33-23-24-34-19-15-17-21-42(34)45(33)46-43-22-18-16-20-35(43)25-26-44(46)51(40-29-36(47(2,3)4)27-37(30-40)48(5,6)7)41-31-38(49(8,9)10)28-39(32-41)50(11,12)13/h14-32H,1H2,2-13H3. The summed E-state index contributed by atoms with van der Waals surface area (Å²) in [5.41, 5.74) is 9.31. The van der Waals surface area contributed by atoms with Crippen LogP contribution in [0, 0.1) is 0 Å². The molecule has 6 aromatic rings. The molecule has 0 atom stereocenters. The molecule has 0 aromatic heterocycles. The average Bonchev–Trinajstić information content (AvgIpc) is 3.06. The van der Waals surface area contributed by atoms with Crippen LogP contribution < -0.4 is 15.9 Å². The monoisotopic (exact) mass is 688 g/mol. The summed E-state index contributed by atoms with van der Waals surface area (Å²) < 4.78 is 0. The van der Waals surface area contributed by atoms with Crippen molar-refractivity contribution in [1.29, 1.82) is 0 Å². The average molecular weight is 689 g/mol. The van der Waals surface area contributed by atoms with Gasteiger partial charge in [-0.25, -0.2) is 0 Å². The topological polar surface area (TPSA) is 0 Å². The van der Waals surface area contributed by atoms with Gasteiger partial charge in [-0.1, -0.05) is 205 Å². The number of fused-ring (bicyclic) bond motifs is 2. The Morgan fingerprint density at radius 2 is 0.804 bits per heavy atom. The lowest BCUT2D eigenvalue weighted by Gasteiger charge is -2.32. The summed E-state index contributed by atoms with van der Waals surface area (Å²) in [4.78, 5) is 0. The number of benzene rings is 6. The van der Waals surface area contributed by atoms with Crippen molar-refractivity contribution in [3.8, 4) is 11.1 Å². The minimum absolute atomic E-state index is 0.00129. The quantitative estimate of drug-likeness (QED) is 0.158. The normalized spacial score (nSPS) is 13.0. The van der Waals surface area contributed by atoms with Gasteiger partial charge in [0.15, 0.2) is 0 Å². The second-order valence-electron chi connectivity index (χ2n) is 18.5. The molecule has 0 bridgehead atoms. The molecule has 0 aliphatic heterocycles. The second kappa shape index (κ2) is 13.2. The molecule has 0 heterocycles. The lowest BCUT2D eigenvalue weighted by atomic mass is 9.81. The summed E-state index contributed by atoms with van der Waals surface area (Å²) in [6, 6.07) is 42.2. The summed E-state index contributed by atoms with van der Waals surface area (Å²) >= 11 is 0. The summed E-state index contributed by atoms with van der Waals surface area (Å²) in [6.45, 7) is 32.6. The van der Waals surface area contributed by atoms with E-state index >= 15 is 0 Å². The van der Waals surface area contributed by atoms with Crippen LogP contribution in [0.2, 0.25) is 0 Å². The highest BCUT2D eigenvalue weighted by molar-refractivity contribution is 7.80. The number of hydrogen-bond acceptors (Lipinski definition) is 0. The number of hydrogen-bond donors (Lipinski definition) is 0. The van der Waals surface area contributed by atoms with Crippen molar-refractivity contribution in [1.82, 2.24) is 0 Å². The van der Waals surface area contributed by atoms with E-state index in [0.29, 0.717) is 0 Å². The first-order valence-electron chi connectivity index (χ1n) is 18.6. The van der Waals surface area contributed by atoms with Gasteiger partial charge in [0.2, 0.25) is 0 Å². The SMILES string of the molecule is C=Cc1ccc2ccccc2c1-c1c(P(c2cc(C(C)(C)C)cc(C(C)(C)C)c2)c2cc(C(C)(C)C)cc(C(C)(C)C)c2)ccc2ccccc12. The van der Waals surface area contributed by atoms with Gasteiger partial charge in [-0.05, 0) is 106 Å². The predicted molar refractivity (Wildman–Crippen MR) is 230 cm³/mol. The van der Waals surface area contributed by atoms with Crippen LogP contribution in [-0.2, 0) is 21.7 Å². The first-order valence-corrected chi connectivity index (χ1v) is 19.9. The van der Waals surface area contributed by atoms with Crippen LogP contribution in [0.5, 0.6) is 0 Å². The molecule has 0 N–H and O–H groups in total. The Morgan fingerprint density at radius 3 is 1.20 bits per heavy atom. The molecule has 6 aromatic carbocycles. The molecule has 262 valence electrons. The Morgan fingerprint density at radius 1 is 0.431 bits per heavy atom. The van der Waals surface area contributed by atoms with E-state index in [4.69, 9.17) is 0 Å². The zero-order valence-electron chi connectivity index (χ0n) is 33.1. The highest BCUT2D eigenvalue weighted by Crippen LogP contribution is 2.46. The highest BCUT2D eigenvalue weighted by atomic mass is 31.1. The highest BCUT2D eigenvalue weighted by Gasteiger charge is 2.30. The first-order chi connectivity index (χ1) is 23.8. The van der Waals surface area contributed by atoms with Crippen LogP contribution >= 0.6 is 7.92 Å². The Kier molecular flexibility index (Phi) is 9.53. The molecule has 0 fully saturated rings. The van der Waals surface area contributed by atoms with Crippen LogP contribution in [0.1, 0.15) is 111 Å². The minimum Gasteiger partial charge on any atom is -0.0984 e. The molecular weight excluding hydrogens is 632 g/mol. The fraction of sp³-hybridized carbons (Fsp3) is 0.320. The van der Waals surface area contributed by atoms with Crippen molar-refractivity contribution in [2.45, 2.75) is 105 Å². The van der Waals surface area contributed by atoms with Gasteiger partial charge < -0.3 is 0 Å². The smallest absolute Gasteiger partial charge is 0.000947 e. The van der Waals surface area contributed by atoms with E-state index in [0.717, 1.165) is 0 Å². The molecule has 0 aliphatic rings. The van der Waals surface area contributed by atoms with E-state index in [1.165, 1.54) is 76.4 Å². The van der Waals surface area contributed by atoms with Crippen molar-refractivity contribution in [2.75, 3.05) is 0 Å².